The van der Waals surface area contributed by atoms with Crippen molar-refractivity contribution in [2.45, 2.75) is 38.8 Å². The molecule has 0 saturated carbocycles. The van der Waals surface area contributed by atoms with Gasteiger partial charge in [-0.25, -0.2) is 0 Å². The lowest BCUT2D eigenvalue weighted by molar-refractivity contribution is -0.188. The summed E-state index contributed by atoms with van der Waals surface area (Å²) in [6, 6.07) is 0. The van der Waals surface area contributed by atoms with Crippen molar-refractivity contribution in [2.24, 2.45) is 11.8 Å². The first-order valence-corrected chi connectivity index (χ1v) is 6.26. The molecule has 4 nitrogen and oxygen atoms in total. The second kappa shape index (κ2) is 6.25. The fraction of sp³-hybridized carbons (Fsp3) is 0.833. The summed E-state index contributed by atoms with van der Waals surface area (Å²) in [5.74, 6) is -3.22. The van der Waals surface area contributed by atoms with E-state index in [1.807, 2.05) is 0 Å². The highest BCUT2D eigenvalue weighted by molar-refractivity contribution is 5.77. The van der Waals surface area contributed by atoms with E-state index in [9.17, 15) is 22.8 Å². The first kappa shape index (κ1) is 15.8. The number of amides is 1. The van der Waals surface area contributed by atoms with Crippen LogP contribution >= 0.6 is 0 Å². The Morgan fingerprint density at radius 1 is 1.37 bits per heavy atom. The molecule has 2 atom stereocenters. The van der Waals surface area contributed by atoms with Gasteiger partial charge in [0.15, 0.2) is 0 Å². The van der Waals surface area contributed by atoms with Crippen molar-refractivity contribution in [3.63, 3.8) is 0 Å². The Balaban J connectivity index is 2.50. The summed E-state index contributed by atoms with van der Waals surface area (Å²) in [5, 5.41) is 8.58. The molecule has 1 saturated heterocycles. The molecular weight excluding hydrogens is 263 g/mol. The van der Waals surface area contributed by atoms with E-state index in [0.717, 1.165) is 0 Å². The second-order valence-electron chi connectivity index (χ2n) is 5.13. The van der Waals surface area contributed by atoms with Crippen LogP contribution in [0.3, 0.4) is 0 Å². The molecule has 1 aliphatic rings. The summed E-state index contributed by atoms with van der Waals surface area (Å²) in [6.07, 6.45) is -4.05. The Labute approximate surface area is 109 Å². The Morgan fingerprint density at radius 3 is 2.53 bits per heavy atom. The van der Waals surface area contributed by atoms with Gasteiger partial charge in [-0.2, -0.15) is 13.2 Å². The van der Waals surface area contributed by atoms with Crippen LogP contribution in [0, 0.1) is 11.8 Å². The molecule has 0 aromatic rings. The number of halogens is 3. The number of carboxylic acid groups (broad SMARTS) is 1. The number of piperidine rings is 1. The van der Waals surface area contributed by atoms with Gasteiger partial charge in [0.1, 0.15) is 0 Å². The van der Waals surface area contributed by atoms with E-state index >= 15 is 0 Å². The maximum Gasteiger partial charge on any atom is 0.393 e. The molecule has 0 bridgehead atoms. The van der Waals surface area contributed by atoms with Gasteiger partial charge in [-0.1, -0.05) is 6.92 Å². The molecule has 0 aromatic heterocycles. The zero-order valence-electron chi connectivity index (χ0n) is 10.7. The zero-order chi connectivity index (χ0) is 14.6. The monoisotopic (exact) mass is 281 g/mol. The van der Waals surface area contributed by atoms with Crippen LogP contribution in [0.1, 0.15) is 32.6 Å². The molecule has 0 aliphatic carbocycles. The summed E-state index contributed by atoms with van der Waals surface area (Å²) >= 11 is 0. The molecule has 1 rings (SSSR count). The van der Waals surface area contributed by atoms with Crippen molar-refractivity contribution >= 4 is 11.9 Å². The molecule has 2 unspecified atom stereocenters. The third-order valence-electron chi connectivity index (χ3n) is 3.28. The van der Waals surface area contributed by atoms with Gasteiger partial charge in [0.25, 0.3) is 0 Å². The Kier molecular flexibility index (Phi) is 5.20. The highest BCUT2D eigenvalue weighted by Crippen LogP contribution is 2.33. The van der Waals surface area contributed by atoms with Crippen LogP contribution in [0.25, 0.3) is 0 Å². The van der Waals surface area contributed by atoms with E-state index < -0.39 is 18.1 Å². The van der Waals surface area contributed by atoms with E-state index in [2.05, 4.69) is 0 Å². The molecule has 1 amide bonds. The fourth-order valence-corrected chi connectivity index (χ4v) is 2.27. The minimum atomic E-state index is -4.27. The smallest absolute Gasteiger partial charge is 0.393 e. The number of carbonyl (C=O) groups is 2. The maximum absolute atomic E-state index is 12.6. The third-order valence-corrected chi connectivity index (χ3v) is 3.28. The lowest BCUT2D eigenvalue weighted by atomic mass is 9.96. The second-order valence-corrected chi connectivity index (χ2v) is 5.13. The van der Waals surface area contributed by atoms with E-state index in [1.54, 1.807) is 6.92 Å². The number of hydrogen-bond donors (Lipinski definition) is 1. The first-order valence-electron chi connectivity index (χ1n) is 6.26. The van der Waals surface area contributed by atoms with Crippen LogP contribution in [0.4, 0.5) is 13.2 Å². The van der Waals surface area contributed by atoms with Gasteiger partial charge in [0, 0.05) is 25.9 Å². The van der Waals surface area contributed by atoms with Crippen molar-refractivity contribution in [1.82, 2.24) is 4.90 Å². The highest BCUT2D eigenvalue weighted by atomic mass is 19.4. The molecular formula is C12H18F3NO3. The van der Waals surface area contributed by atoms with Crippen molar-refractivity contribution in [3.05, 3.63) is 0 Å². The van der Waals surface area contributed by atoms with Crippen LogP contribution in [0.2, 0.25) is 0 Å². The number of aliphatic carboxylic acids is 1. The minimum Gasteiger partial charge on any atom is -0.481 e. The molecule has 1 N–H and O–H groups in total. The molecule has 19 heavy (non-hydrogen) atoms. The van der Waals surface area contributed by atoms with Gasteiger partial charge >= 0.3 is 12.1 Å². The number of likely N-dealkylation sites (tertiary alicyclic amines) is 1. The summed E-state index contributed by atoms with van der Waals surface area (Å²) in [7, 11) is 0. The number of carboxylic acids is 1. The topological polar surface area (TPSA) is 57.6 Å². The van der Waals surface area contributed by atoms with Crippen LogP contribution in [-0.4, -0.2) is 41.1 Å². The lowest BCUT2D eigenvalue weighted by Gasteiger charge is -2.34. The Bertz CT molecular complexity index is 344. The molecule has 0 radical (unpaired) electrons. The Hall–Kier alpha value is -1.27. The van der Waals surface area contributed by atoms with Crippen LogP contribution in [-0.2, 0) is 9.59 Å². The highest BCUT2D eigenvalue weighted by Gasteiger charge is 2.42. The standard InChI is InChI=1S/C12H18F3NO3/c1-8(6-11(18)19)5-10(17)16-4-2-3-9(7-16)12(13,14)15/h8-9H,2-7H2,1H3,(H,18,19). The molecule has 0 spiro atoms. The average molecular weight is 281 g/mol. The molecule has 1 heterocycles. The normalized spacial score (nSPS) is 22.1. The average Bonchev–Trinajstić information content (AvgIpc) is 2.26. The summed E-state index contributed by atoms with van der Waals surface area (Å²) < 4.78 is 37.8. The number of carbonyl (C=O) groups excluding carboxylic acids is 1. The van der Waals surface area contributed by atoms with Crippen LogP contribution in [0.15, 0.2) is 0 Å². The van der Waals surface area contributed by atoms with Gasteiger partial charge in [-0.15, -0.1) is 0 Å². The fourth-order valence-electron chi connectivity index (χ4n) is 2.27. The summed E-state index contributed by atoms with van der Waals surface area (Å²) in [6.45, 7) is 1.63. The zero-order valence-corrected chi connectivity index (χ0v) is 10.7. The minimum absolute atomic E-state index is 0.0170. The van der Waals surface area contributed by atoms with Crippen molar-refractivity contribution in [1.29, 1.82) is 0 Å². The molecule has 7 heteroatoms. The van der Waals surface area contributed by atoms with E-state index in [4.69, 9.17) is 5.11 Å². The van der Waals surface area contributed by atoms with E-state index in [0.29, 0.717) is 13.0 Å². The quantitative estimate of drug-likeness (QED) is 0.860. The van der Waals surface area contributed by atoms with Gasteiger partial charge in [0.2, 0.25) is 5.91 Å². The van der Waals surface area contributed by atoms with Gasteiger partial charge < -0.3 is 10.0 Å². The molecule has 110 valence electrons. The van der Waals surface area contributed by atoms with E-state index in [1.165, 1.54) is 4.90 Å². The molecule has 1 fully saturated rings. The SMILES string of the molecule is CC(CC(=O)O)CC(=O)N1CCCC(C(F)(F)F)C1. The Morgan fingerprint density at radius 2 is 2.00 bits per heavy atom. The van der Waals surface area contributed by atoms with Crippen LogP contribution in [0.5, 0.6) is 0 Å². The predicted octanol–water partition coefficient (Wildman–Crippen LogP) is 2.29. The predicted molar refractivity (Wildman–Crippen MR) is 61.4 cm³/mol. The molecule has 1 aliphatic heterocycles. The number of hydrogen-bond acceptors (Lipinski definition) is 2. The van der Waals surface area contributed by atoms with Crippen molar-refractivity contribution in [3.8, 4) is 0 Å². The largest absolute Gasteiger partial charge is 0.481 e. The summed E-state index contributed by atoms with van der Waals surface area (Å²) in [5.41, 5.74) is 0. The number of alkyl halides is 3. The van der Waals surface area contributed by atoms with E-state index in [-0.39, 0.29) is 37.6 Å². The van der Waals surface area contributed by atoms with Gasteiger partial charge in [-0.3, -0.25) is 9.59 Å². The van der Waals surface area contributed by atoms with Gasteiger partial charge in [-0.05, 0) is 18.8 Å². The van der Waals surface area contributed by atoms with Crippen LogP contribution < -0.4 is 0 Å². The maximum atomic E-state index is 12.6. The lowest BCUT2D eigenvalue weighted by Crippen LogP contribution is -2.45. The number of rotatable bonds is 4. The molecule has 0 aromatic carbocycles. The number of nitrogens with zero attached hydrogens (tertiary/aromatic N) is 1. The van der Waals surface area contributed by atoms with Gasteiger partial charge in [0.05, 0.1) is 5.92 Å². The summed E-state index contributed by atoms with van der Waals surface area (Å²) in [4.78, 5) is 23.5. The third kappa shape index (κ3) is 5.08. The van der Waals surface area contributed by atoms with Crippen molar-refractivity contribution < 1.29 is 27.9 Å². The van der Waals surface area contributed by atoms with Crippen molar-refractivity contribution in [2.75, 3.05) is 13.1 Å². The first-order chi connectivity index (χ1) is 8.70.